The quantitative estimate of drug-likeness (QED) is 0.833. The van der Waals surface area contributed by atoms with Crippen LogP contribution in [0, 0.1) is 0 Å². The Morgan fingerprint density at radius 1 is 1.16 bits per heavy atom. The monoisotopic (exact) mass is 264 g/mol. The van der Waals surface area contributed by atoms with Gasteiger partial charge in [0.1, 0.15) is 6.10 Å². The van der Waals surface area contributed by atoms with Crippen LogP contribution in [0.4, 0.5) is 0 Å². The van der Waals surface area contributed by atoms with Gasteiger partial charge in [-0.15, -0.1) is 0 Å². The van der Waals surface area contributed by atoms with Gasteiger partial charge in [0.05, 0.1) is 12.7 Å². The molecule has 2 unspecified atom stereocenters. The molecule has 0 aliphatic carbocycles. The molecule has 1 rings (SSSR count). The van der Waals surface area contributed by atoms with Gasteiger partial charge >= 0.3 is 0 Å². The lowest BCUT2D eigenvalue weighted by atomic mass is 9.86. The first-order valence-electron chi connectivity index (χ1n) is 7.24. The highest BCUT2D eigenvalue weighted by molar-refractivity contribution is 5.28. The van der Waals surface area contributed by atoms with Crippen molar-refractivity contribution in [3.8, 4) is 0 Å². The van der Waals surface area contributed by atoms with E-state index in [1.54, 1.807) is 0 Å². The number of benzene rings is 1. The lowest BCUT2D eigenvalue weighted by Crippen LogP contribution is -2.15. The molecule has 1 aromatic carbocycles. The molecule has 0 aliphatic heterocycles. The molecule has 0 heterocycles. The predicted octanol–water partition coefficient (Wildman–Crippen LogP) is 4.22. The smallest absolute Gasteiger partial charge is 0.102 e. The third-order valence-corrected chi connectivity index (χ3v) is 3.40. The van der Waals surface area contributed by atoms with Gasteiger partial charge in [-0.05, 0) is 29.9 Å². The van der Waals surface area contributed by atoms with Crippen LogP contribution in [0.1, 0.15) is 64.7 Å². The molecule has 0 spiro atoms. The van der Waals surface area contributed by atoms with E-state index >= 15 is 0 Å². The summed E-state index contributed by atoms with van der Waals surface area (Å²) in [5.74, 6) is 0. The molecule has 0 saturated carbocycles. The second-order valence-electron chi connectivity index (χ2n) is 6.32. The van der Waals surface area contributed by atoms with E-state index in [0.717, 1.165) is 18.4 Å². The molecule has 19 heavy (non-hydrogen) atoms. The summed E-state index contributed by atoms with van der Waals surface area (Å²) >= 11 is 0. The molecule has 108 valence electrons. The van der Waals surface area contributed by atoms with Crippen molar-refractivity contribution in [2.45, 2.75) is 65.1 Å². The van der Waals surface area contributed by atoms with E-state index in [1.807, 2.05) is 12.1 Å². The summed E-state index contributed by atoms with van der Waals surface area (Å²) in [5, 5.41) is 10.1. The van der Waals surface area contributed by atoms with E-state index in [-0.39, 0.29) is 11.5 Å². The summed E-state index contributed by atoms with van der Waals surface area (Å²) in [6, 6.07) is 8.18. The maximum absolute atomic E-state index is 10.1. The Bertz CT molecular complexity index is 362. The van der Waals surface area contributed by atoms with Crippen molar-refractivity contribution in [2.24, 2.45) is 0 Å². The SMILES string of the molecule is CCCC(C)OCC(O)c1ccc(C(C)(C)C)cc1. The van der Waals surface area contributed by atoms with Gasteiger partial charge in [-0.2, -0.15) is 0 Å². The van der Waals surface area contributed by atoms with E-state index in [0.29, 0.717) is 6.61 Å². The number of hydrogen-bond acceptors (Lipinski definition) is 2. The minimum absolute atomic E-state index is 0.148. The van der Waals surface area contributed by atoms with E-state index in [9.17, 15) is 5.11 Å². The first kappa shape index (κ1) is 16.2. The number of aliphatic hydroxyl groups is 1. The first-order chi connectivity index (χ1) is 8.84. The Labute approximate surface area is 117 Å². The third kappa shape index (κ3) is 5.33. The number of aliphatic hydroxyl groups excluding tert-OH is 1. The van der Waals surface area contributed by atoms with E-state index in [2.05, 4.69) is 46.8 Å². The summed E-state index contributed by atoms with van der Waals surface area (Å²) in [6.45, 7) is 11.1. The molecule has 1 N–H and O–H groups in total. The van der Waals surface area contributed by atoms with Gasteiger partial charge in [0, 0.05) is 0 Å². The summed E-state index contributed by atoms with van der Waals surface area (Å²) in [6.07, 6.45) is 1.83. The van der Waals surface area contributed by atoms with Crippen LogP contribution in [-0.2, 0) is 10.2 Å². The average Bonchev–Trinajstić information content (AvgIpc) is 2.35. The summed E-state index contributed by atoms with van der Waals surface area (Å²) in [5.41, 5.74) is 2.36. The number of ether oxygens (including phenoxy) is 1. The van der Waals surface area contributed by atoms with E-state index < -0.39 is 6.10 Å². The summed E-state index contributed by atoms with van der Waals surface area (Å²) < 4.78 is 5.65. The van der Waals surface area contributed by atoms with Crippen LogP contribution in [0.3, 0.4) is 0 Å². The Balaban J connectivity index is 2.56. The largest absolute Gasteiger partial charge is 0.386 e. The zero-order chi connectivity index (χ0) is 14.5. The van der Waals surface area contributed by atoms with Gasteiger partial charge in [0.25, 0.3) is 0 Å². The highest BCUT2D eigenvalue weighted by Crippen LogP contribution is 2.24. The van der Waals surface area contributed by atoms with Crippen molar-refractivity contribution < 1.29 is 9.84 Å². The van der Waals surface area contributed by atoms with Crippen molar-refractivity contribution in [3.63, 3.8) is 0 Å². The van der Waals surface area contributed by atoms with Crippen molar-refractivity contribution in [2.75, 3.05) is 6.61 Å². The molecular formula is C17H28O2. The van der Waals surface area contributed by atoms with Crippen molar-refractivity contribution in [1.29, 1.82) is 0 Å². The van der Waals surface area contributed by atoms with Crippen LogP contribution < -0.4 is 0 Å². The second kappa shape index (κ2) is 7.06. The maximum Gasteiger partial charge on any atom is 0.102 e. The highest BCUT2D eigenvalue weighted by atomic mass is 16.5. The average molecular weight is 264 g/mol. The topological polar surface area (TPSA) is 29.5 Å². The first-order valence-corrected chi connectivity index (χ1v) is 7.24. The normalized spacial score (nSPS) is 15.3. The summed E-state index contributed by atoms with van der Waals surface area (Å²) in [4.78, 5) is 0. The maximum atomic E-state index is 10.1. The Morgan fingerprint density at radius 3 is 2.21 bits per heavy atom. The Morgan fingerprint density at radius 2 is 1.74 bits per heavy atom. The fraction of sp³-hybridized carbons (Fsp3) is 0.647. The Kier molecular flexibility index (Phi) is 6.02. The molecule has 0 fully saturated rings. The lowest BCUT2D eigenvalue weighted by Gasteiger charge is -2.20. The van der Waals surface area contributed by atoms with Crippen LogP contribution >= 0.6 is 0 Å². The molecule has 0 bridgehead atoms. The van der Waals surface area contributed by atoms with Gasteiger partial charge in [-0.3, -0.25) is 0 Å². The number of rotatable bonds is 6. The molecule has 0 aliphatic rings. The molecular weight excluding hydrogens is 236 g/mol. The van der Waals surface area contributed by atoms with Gasteiger partial charge in [0.2, 0.25) is 0 Å². The molecule has 2 nitrogen and oxygen atoms in total. The third-order valence-electron chi connectivity index (χ3n) is 3.40. The van der Waals surface area contributed by atoms with Gasteiger partial charge < -0.3 is 9.84 Å². The van der Waals surface area contributed by atoms with Crippen molar-refractivity contribution >= 4 is 0 Å². The van der Waals surface area contributed by atoms with Crippen LogP contribution in [0.5, 0.6) is 0 Å². The Hall–Kier alpha value is -0.860. The van der Waals surface area contributed by atoms with Gasteiger partial charge in [0.15, 0.2) is 0 Å². The van der Waals surface area contributed by atoms with E-state index in [1.165, 1.54) is 5.56 Å². The van der Waals surface area contributed by atoms with Crippen molar-refractivity contribution in [3.05, 3.63) is 35.4 Å². The molecule has 0 radical (unpaired) electrons. The van der Waals surface area contributed by atoms with Crippen LogP contribution in [-0.4, -0.2) is 17.8 Å². The fourth-order valence-electron chi connectivity index (χ4n) is 2.05. The molecule has 0 saturated heterocycles. The molecule has 0 aromatic heterocycles. The summed E-state index contributed by atoms with van der Waals surface area (Å²) in [7, 11) is 0. The zero-order valence-electron chi connectivity index (χ0n) is 12.9. The van der Waals surface area contributed by atoms with Crippen LogP contribution in [0.25, 0.3) is 0 Å². The predicted molar refractivity (Wildman–Crippen MR) is 80.4 cm³/mol. The minimum atomic E-state index is -0.534. The second-order valence-corrected chi connectivity index (χ2v) is 6.32. The minimum Gasteiger partial charge on any atom is -0.386 e. The lowest BCUT2D eigenvalue weighted by molar-refractivity contribution is -0.00585. The molecule has 0 amide bonds. The zero-order valence-corrected chi connectivity index (χ0v) is 12.9. The van der Waals surface area contributed by atoms with Crippen LogP contribution in [0.15, 0.2) is 24.3 Å². The molecule has 1 aromatic rings. The number of hydrogen-bond donors (Lipinski definition) is 1. The highest BCUT2D eigenvalue weighted by Gasteiger charge is 2.15. The van der Waals surface area contributed by atoms with Crippen LogP contribution in [0.2, 0.25) is 0 Å². The molecule has 2 heteroatoms. The van der Waals surface area contributed by atoms with E-state index in [4.69, 9.17) is 4.74 Å². The molecule has 2 atom stereocenters. The standard InChI is InChI=1S/C17H28O2/c1-6-7-13(2)19-12-16(18)14-8-10-15(11-9-14)17(3,4)5/h8-11,13,16,18H,6-7,12H2,1-5H3. The van der Waals surface area contributed by atoms with Crippen molar-refractivity contribution in [1.82, 2.24) is 0 Å². The van der Waals surface area contributed by atoms with Gasteiger partial charge in [-0.25, -0.2) is 0 Å². The van der Waals surface area contributed by atoms with Gasteiger partial charge in [-0.1, -0.05) is 58.4 Å². The fourth-order valence-corrected chi connectivity index (χ4v) is 2.05.